The number of carbonyl (C=O) groups excluding carboxylic acids is 1. The van der Waals surface area contributed by atoms with E-state index in [1.165, 1.54) is 23.0 Å². The zero-order valence-electron chi connectivity index (χ0n) is 18.6. The maximum Gasteiger partial charge on any atom is 0.330 e. The van der Waals surface area contributed by atoms with Gasteiger partial charge in [-0.05, 0) is 23.9 Å². The number of nitrogens with zero attached hydrogens (tertiary/aromatic N) is 2. The first-order chi connectivity index (χ1) is 16.5. The summed E-state index contributed by atoms with van der Waals surface area (Å²) < 4.78 is 12.0. The van der Waals surface area contributed by atoms with Crippen molar-refractivity contribution >= 4 is 28.7 Å². The molecule has 0 fully saturated rings. The number of rotatable bonds is 9. The minimum absolute atomic E-state index is 0.0202. The van der Waals surface area contributed by atoms with Gasteiger partial charge >= 0.3 is 5.69 Å². The van der Waals surface area contributed by atoms with Gasteiger partial charge in [-0.1, -0.05) is 36.4 Å². The number of nitrogens with one attached hydrogen (secondary N) is 3. The summed E-state index contributed by atoms with van der Waals surface area (Å²) in [5.74, 6) is 0.0490. The molecule has 4 aromatic rings. The van der Waals surface area contributed by atoms with E-state index in [1.54, 1.807) is 6.92 Å². The minimum atomic E-state index is -0.668. The van der Waals surface area contributed by atoms with Crippen molar-refractivity contribution in [2.75, 3.05) is 24.4 Å². The predicted octanol–water partition coefficient (Wildman–Crippen LogP) is 3.07. The Morgan fingerprint density at radius 2 is 2.00 bits per heavy atom. The number of H-pyrrole nitrogens is 1. The molecule has 0 aliphatic heterocycles. The van der Waals surface area contributed by atoms with Crippen molar-refractivity contribution in [2.24, 2.45) is 0 Å². The molecule has 0 saturated carbocycles. The van der Waals surface area contributed by atoms with Gasteiger partial charge in [-0.25, -0.2) is 9.78 Å². The number of oxazole rings is 1. The first-order valence-electron chi connectivity index (χ1n) is 10.4. The summed E-state index contributed by atoms with van der Waals surface area (Å²) in [7, 11) is 1.49. The van der Waals surface area contributed by atoms with Crippen LogP contribution in [-0.2, 0) is 17.8 Å². The zero-order chi connectivity index (χ0) is 24.1. The van der Waals surface area contributed by atoms with Gasteiger partial charge in [-0.2, -0.15) is 0 Å². The number of benzene rings is 1. The quantitative estimate of drug-likeness (QED) is 0.335. The van der Waals surface area contributed by atoms with Crippen molar-refractivity contribution in [3.8, 4) is 10.8 Å². The second-order valence-electron chi connectivity index (χ2n) is 7.32. The van der Waals surface area contributed by atoms with Crippen molar-refractivity contribution in [3.63, 3.8) is 0 Å². The standard InChI is InChI=1S/C23H23N5O5S/c1-14-17(25-22(33-14)16-9-6-12-34-16)20(29)26-19-18(24-13-15-7-4-3-5-8-15)21(30)27-23(31)28(19)10-11-32-2/h3-9,12,24H,10-11,13H2,1-2H3,(H,26,29)(H,27,30,31). The van der Waals surface area contributed by atoms with Gasteiger partial charge in [-0.3, -0.25) is 19.1 Å². The first-order valence-corrected chi connectivity index (χ1v) is 11.3. The van der Waals surface area contributed by atoms with Crippen LogP contribution < -0.4 is 21.9 Å². The monoisotopic (exact) mass is 481 g/mol. The fraction of sp³-hybridized carbons (Fsp3) is 0.217. The molecule has 176 valence electrons. The van der Waals surface area contributed by atoms with Crippen LogP contribution in [-0.4, -0.2) is 34.2 Å². The van der Waals surface area contributed by atoms with Crippen molar-refractivity contribution in [2.45, 2.75) is 20.0 Å². The third-order valence-corrected chi connectivity index (χ3v) is 5.86. The van der Waals surface area contributed by atoms with Crippen LogP contribution in [0.5, 0.6) is 0 Å². The lowest BCUT2D eigenvalue weighted by Gasteiger charge is -2.17. The minimum Gasteiger partial charge on any atom is -0.440 e. The number of aromatic amines is 1. The van der Waals surface area contributed by atoms with E-state index >= 15 is 0 Å². The van der Waals surface area contributed by atoms with E-state index in [1.807, 2.05) is 47.8 Å². The number of ether oxygens (including phenoxy) is 1. The predicted molar refractivity (Wildman–Crippen MR) is 129 cm³/mol. The highest BCUT2D eigenvalue weighted by molar-refractivity contribution is 7.13. The summed E-state index contributed by atoms with van der Waals surface area (Å²) in [6.45, 7) is 2.24. The van der Waals surface area contributed by atoms with Crippen molar-refractivity contribution in [1.29, 1.82) is 0 Å². The Bertz CT molecular complexity index is 1390. The molecule has 1 aromatic carbocycles. The van der Waals surface area contributed by atoms with Gasteiger partial charge in [0.1, 0.15) is 17.3 Å². The van der Waals surface area contributed by atoms with Crippen LogP contribution in [0.1, 0.15) is 21.8 Å². The molecule has 0 aliphatic carbocycles. The van der Waals surface area contributed by atoms with Crippen LogP contribution in [0.4, 0.5) is 11.5 Å². The van der Waals surface area contributed by atoms with Crippen LogP contribution in [0.15, 0.2) is 61.9 Å². The van der Waals surface area contributed by atoms with E-state index in [0.717, 1.165) is 10.4 Å². The topological polar surface area (TPSA) is 131 Å². The number of carbonyl (C=O) groups is 1. The van der Waals surface area contributed by atoms with E-state index in [0.29, 0.717) is 18.2 Å². The van der Waals surface area contributed by atoms with E-state index in [-0.39, 0.29) is 30.4 Å². The molecule has 0 unspecified atom stereocenters. The smallest absolute Gasteiger partial charge is 0.330 e. The number of amides is 1. The molecule has 0 atom stereocenters. The van der Waals surface area contributed by atoms with Crippen molar-refractivity contribution in [3.05, 3.63) is 85.7 Å². The van der Waals surface area contributed by atoms with Gasteiger partial charge in [0.15, 0.2) is 5.69 Å². The van der Waals surface area contributed by atoms with Gasteiger partial charge in [0.05, 0.1) is 18.0 Å². The second-order valence-corrected chi connectivity index (χ2v) is 8.27. The Kier molecular flexibility index (Phi) is 7.04. The largest absolute Gasteiger partial charge is 0.440 e. The molecule has 0 saturated heterocycles. The van der Waals surface area contributed by atoms with Crippen LogP contribution >= 0.6 is 11.3 Å². The summed E-state index contributed by atoms with van der Waals surface area (Å²) >= 11 is 1.43. The Balaban J connectivity index is 1.70. The number of aromatic nitrogens is 3. The summed E-state index contributed by atoms with van der Waals surface area (Å²) in [4.78, 5) is 45.8. The lowest BCUT2D eigenvalue weighted by atomic mass is 10.2. The van der Waals surface area contributed by atoms with Gasteiger partial charge in [0.25, 0.3) is 11.5 Å². The number of methoxy groups -OCH3 is 1. The SMILES string of the molecule is COCCn1c(NC(=O)c2nc(-c3cccs3)oc2C)c(NCc2ccccc2)c(=O)[nH]c1=O. The van der Waals surface area contributed by atoms with Gasteiger partial charge in [0.2, 0.25) is 5.89 Å². The molecule has 3 N–H and O–H groups in total. The molecular formula is C23H23N5O5S. The summed E-state index contributed by atoms with van der Waals surface area (Å²) in [6, 6.07) is 13.1. The van der Waals surface area contributed by atoms with Gasteiger partial charge in [0, 0.05) is 13.7 Å². The third kappa shape index (κ3) is 5.00. The van der Waals surface area contributed by atoms with E-state index in [4.69, 9.17) is 9.15 Å². The third-order valence-electron chi connectivity index (χ3n) is 5.01. The molecule has 10 nitrogen and oxygen atoms in total. The maximum absolute atomic E-state index is 13.2. The van der Waals surface area contributed by atoms with Crippen molar-refractivity contribution < 1.29 is 13.9 Å². The molecular weight excluding hydrogens is 458 g/mol. The Morgan fingerprint density at radius 1 is 1.21 bits per heavy atom. The lowest BCUT2D eigenvalue weighted by molar-refractivity contribution is 0.102. The molecule has 34 heavy (non-hydrogen) atoms. The van der Waals surface area contributed by atoms with Crippen LogP contribution in [0.25, 0.3) is 10.8 Å². The molecule has 3 heterocycles. The Labute approximate surface area is 198 Å². The van der Waals surface area contributed by atoms with Crippen LogP contribution in [0, 0.1) is 6.92 Å². The number of anilines is 2. The summed E-state index contributed by atoms with van der Waals surface area (Å²) in [5, 5.41) is 7.61. The Hall–Kier alpha value is -3.96. The number of thiophene rings is 1. The van der Waals surface area contributed by atoms with E-state index in [9.17, 15) is 14.4 Å². The van der Waals surface area contributed by atoms with Crippen LogP contribution in [0.3, 0.4) is 0 Å². The molecule has 3 aromatic heterocycles. The van der Waals surface area contributed by atoms with Gasteiger partial charge < -0.3 is 19.8 Å². The molecule has 11 heteroatoms. The highest BCUT2D eigenvalue weighted by atomic mass is 32.1. The number of hydrogen-bond acceptors (Lipinski definition) is 8. The van der Waals surface area contributed by atoms with Gasteiger partial charge in [-0.15, -0.1) is 11.3 Å². The van der Waals surface area contributed by atoms with Crippen LogP contribution in [0.2, 0.25) is 0 Å². The summed E-state index contributed by atoms with van der Waals surface area (Å²) in [6.07, 6.45) is 0. The van der Waals surface area contributed by atoms with E-state index < -0.39 is 17.2 Å². The second kappa shape index (κ2) is 10.3. The average Bonchev–Trinajstić information content (AvgIpc) is 3.49. The molecule has 4 rings (SSSR count). The molecule has 1 amide bonds. The molecule has 0 aliphatic rings. The fourth-order valence-corrected chi connectivity index (χ4v) is 3.98. The lowest BCUT2D eigenvalue weighted by Crippen LogP contribution is -2.36. The number of aryl methyl sites for hydroxylation is 1. The summed E-state index contributed by atoms with van der Waals surface area (Å²) in [5.41, 5.74) is -0.294. The number of hydrogen-bond donors (Lipinski definition) is 3. The Morgan fingerprint density at radius 3 is 2.71 bits per heavy atom. The maximum atomic E-state index is 13.2. The first kappa shape index (κ1) is 23.2. The highest BCUT2D eigenvalue weighted by Gasteiger charge is 2.23. The molecule has 0 bridgehead atoms. The van der Waals surface area contributed by atoms with E-state index in [2.05, 4.69) is 20.6 Å². The van der Waals surface area contributed by atoms with Crippen molar-refractivity contribution in [1.82, 2.24) is 14.5 Å². The fourth-order valence-electron chi connectivity index (χ4n) is 3.33. The average molecular weight is 482 g/mol. The normalized spacial score (nSPS) is 10.9. The molecule has 0 radical (unpaired) electrons. The zero-order valence-corrected chi connectivity index (χ0v) is 19.4. The molecule has 0 spiro atoms. The highest BCUT2D eigenvalue weighted by Crippen LogP contribution is 2.26.